The van der Waals surface area contributed by atoms with Crippen LogP contribution in [0, 0.1) is 35.3 Å². The molecule has 0 aliphatic carbocycles. The molecule has 0 amide bonds. The molecule has 0 N–H and O–H groups in total. The summed E-state index contributed by atoms with van der Waals surface area (Å²) in [6.07, 6.45) is 1.68. The van der Waals surface area contributed by atoms with Crippen LogP contribution in [0.4, 0.5) is 5.69 Å². The number of hydrogen-bond donors (Lipinski definition) is 0. The molecule has 0 heterocycles. The minimum Gasteiger partial charge on any atom is -0.258 e. The van der Waals surface area contributed by atoms with Crippen LogP contribution in [0.25, 0.3) is 11.6 Å². The number of nitro groups is 1. The monoisotopic (exact) mass is 278 g/mol. The Morgan fingerprint density at radius 2 is 2.00 bits per heavy atom. The van der Waals surface area contributed by atoms with Crippen molar-refractivity contribution in [1.29, 1.82) is 5.26 Å². The number of benzene rings is 2. The molecule has 0 aliphatic rings. The van der Waals surface area contributed by atoms with E-state index in [4.69, 9.17) is 0 Å². The third kappa shape index (κ3) is 3.34. The van der Waals surface area contributed by atoms with Gasteiger partial charge in [-0.05, 0) is 36.6 Å². The molecule has 2 aromatic rings. The molecule has 0 bridgehead atoms. The summed E-state index contributed by atoms with van der Waals surface area (Å²) in [5.74, 6) is 0. The van der Waals surface area contributed by atoms with Crippen molar-refractivity contribution in [2.45, 2.75) is 13.8 Å². The van der Waals surface area contributed by atoms with Crippen LogP contribution in [0.3, 0.4) is 0 Å². The highest BCUT2D eigenvalue weighted by atomic mass is 16.6. The van der Waals surface area contributed by atoms with Crippen molar-refractivity contribution in [1.82, 2.24) is 0 Å². The molecular weight excluding hydrogens is 264 g/mol. The fourth-order valence-corrected chi connectivity index (χ4v) is 2.09. The highest BCUT2D eigenvalue weighted by Crippen LogP contribution is 2.23. The van der Waals surface area contributed by atoms with E-state index in [1.165, 1.54) is 12.1 Å². The van der Waals surface area contributed by atoms with Crippen LogP contribution >= 0.6 is 0 Å². The number of rotatable bonds is 3. The second-order valence-corrected chi connectivity index (χ2v) is 4.84. The predicted molar refractivity (Wildman–Crippen MR) is 82.5 cm³/mol. The number of aryl methyl sites for hydroxylation is 2. The molecule has 4 heteroatoms. The molecule has 0 radical (unpaired) electrons. The normalized spacial score (nSPS) is 11.0. The number of allylic oxidation sites excluding steroid dienone is 1. The number of nitriles is 1. The highest BCUT2D eigenvalue weighted by Gasteiger charge is 2.08. The Morgan fingerprint density at radius 1 is 1.24 bits per heavy atom. The zero-order valence-corrected chi connectivity index (χ0v) is 11.8. The molecule has 2 aromatic carbocycles. The van der Waals surface area contributed by atoms with E-state index in [1.54, 1.807) is 18.2 Å². The molecule has 0 atom stereocenters. The molecule has 4 nitrogen and oxygen atoms in total. The van der Waals surface area contributed by atoms with Gasteiger partial charge in [-0.15, -0.1) is 0 Å². The third-order valence-electron chi connectivity index (χ3n) is 3.20. The van der Waals surface area contributed by atoms with Gasteiger partial charge in [0.05, 0.1) is 16.6 Å². The summed E-state index contributed by atoms with van der Waals surface area (Å²) in [4.78, 5) is 10.4. The van der Waals surface area contributed by atoms with Gasteiger partial charge in [-0.25, -0.2) is 0 Å². The van der Waals surface area contributed by atoms with Crippen molar-refractivity contribution in [3.05, 3.63) is 74.8 Å². The van der Waals surface area contributed by atoms with E-state index in [-0.39, 0.29) is 5.69 Å². The van der Waals surface area contributed by atoms with E-state index >= 15 is 0 Å². The van der Waals surface area contributed by atoms with Gasteiger partial charge in [0.15, 0.2) is 0 Å². The molecule has 0 unspecified atom stereocenters. The van der Waals surface area contributed by atoms with Crippen molar-refractivity contribution in [3.8, 4) is 6.07 Å². The summed E-state index contributed by atoms with van der Waals surface area (Å²) in [7, 11) is 0. The Balaban J connectivity index is 2.51. The van der Waals surface area contributed by atoms with Crippen molar-refractivity contribution < 1.29 is 4.92 Å². The maximum atomic E-state index is 10.8. The van der Waals surface area contributed by atoms with E-state index in [0.717, 1.165) is 16.7 Å². The fourth-order valence-electron chi connectivity index (χ4n) is 2.09. The van der Waals surface area contributed by atoms with Gasteiger partial charge in [-0.1, -0.05) is 35.9 Å². The maximum absolute atomic E-state index is 10.8. The summed E-state index contributed by atoms with van der Waals surface area (Å²) in [5.41, 5.74) is 4.07. The van der Waals surface area contributed by atoms with Crippen molar-refractivity contribution in [3.63, 3.8) is 0 Å². The average molecular weight is 278 g/mol. The quantitative estimate of drug-likeness (QED) is 0.364. The minimum atomic E-state index is -0.443. The lowest BCUT2D eigenvalue weighted by molar-refractivity contribution is -0.384. The summed E-state index contributed by atoms with van der Waals surface area (Å²) in [5, 5.41) is 20.2. The second kappa shape index (κ2) is 6.02. The number of nitrogens with zero attached hydrogens (tertiary/aromatic N) is 2. The van der Waals surface area contributed by atoms with Crippen molar-refractivity contribution in [2.24, 2.45) is 0 Å². The Hall–Kier alpha value is -2.93. The number of non-ortho nitro benzene ring substituents is 1. The minimum absolute atomic E-state index is 0.0157. The molecule has 0 spiro atoms. The molecule has 21 heavy (non-hydrogen) atoms. The van der Waals surface area contributed by atoms with E-state index < -0.39 is 4.92 Å². The molecule has 0 saturated carbocycles. The van der Waals surface area contributed by atoms with Gasteiger partial charge in [0.1, 0.15) is 0 Å². The first-order valence-corrected chi connectivity index (χ1v) is 6.45. The molecule has 0 saturated heterocycles. The van der Waals surface area contributed by atoms with Crippen LogP contribution in [-0.2, 0) is 0 Å². The van der Waals surface area contributed by atoms with Gasteiger partial charge in [0, 0.05) is 12.1 Å². The smallest absolute Gasteiger partial charge is 0.258 e. The largest absolute Gasteiger partial charge is 0.270 e. The third-order valence-corrected chi connectivity index (χ3v) is 3.20. The van der Waals surface area contributed by atoms with Crippen LogP contribution < -0.4 is 0 Å². The topological polar surface area (TPSA) is 66.9 Å². The molecular formula is C17H14N2O2. The van der Waals surface area contributed by atoms with E-state index in [1.807, 2.05) is 32.0 Å². The van der Waals surface area contributed by atoms with Gasteiger partial charge in [0.25, 0.3) is 5.69 Å². The second-order valence-electron chi connectivity index (χ2n) is 4.84. The summed E-state index contributed by atoms with van der Waals surface area (Å²) < 4.78 is 0. The molecule has 0 aromatic heterocycles. The van der Waals surface area contributed by atoms with Gasteiger partial charge in [-0.3, -0.25) is 10.1 Å². The van der Waals surface area contributed by atoms with E-state index in [0.29, 0.717) is 11.1 Å². The van der Waals surface area contributed by atoms with Crippen LogP contribution in [0.5, 0.6) is 0 Å². The Kier molecular flexibility index (Phi) is 4.15. The Morgan fingerprint density at radius 3 is 2.67 bits per heavy atom. The van der Waals surface area contributed by atoms with Crippen LogP contribution in [0.2, 0.25) is 0 Å². The van der Waals surface area contributed by atoms with Gasteiger partial charge >= 0.3 is 0 Å². The SMILES string of the molecule is Cc1ccc(C)c(/C(C#N)=C/c2cccc([N+](=O)[O-])c2)c1. The number of nitro benzene ring substituents is 1. The maximum Gasteiger partial charge on any atom is 0.270 e. The van der Waals surface area contributed by atoms with Crippen molar-refractivity contribution in [2.75, 3.05) is 0 Å². The first-order chi connectivity index (χ1) is 10.0. The van der Waals surface area contributed by atoms with E-state index in [9.17, 15) is 15.4 Å². The summed E-state index contributed by atoms with van der Waals surface area (Å²) in [6.45, 7) is 3.90. The molecule has 2 rings (SSSR count). The van der Waals surface area contributed by atoms with Gasteiger partial charge < -0.3 is 0 Å². The first kappa shape index (κ1) is 14.5. The standard InChI is InChI=1S/C17H14N2O2/c1-12-6-7-13(2)17(8-12)15(11-18)9-14-4-3-5-16(10-14)19(20)21/h3-10H,1-2H3/b15-9+. The van der Waals surface area contributed by atoms with Crippen LogP contribution in [0.15, 0.2) is 42.5 Å². The number of hydrogen-bond acceptors (Lipinski definition) is 3. The molecule has 0 aliphatic heterocycles. The highest BCUT2D eigenvalue weighted by molar-refractivity contribution is 5.91. The van der Waals surface area contributed by atoms with Crippen LogP contribution in [-0.4, -0.2) is 4.92 Å². The Labute approximate surface area is 123 Å². The van der Waals surface area contributed by atoms with Gasteiger partial charge in [0.2, 0.25) is 0 Å². The molecule has 104 valence electrons. The van der Waals surface area contributed by atoms with Crippen LogP contribution in [0.1, 0.15) is 22.3 Å². The fraction of sp³-hybridized carbons (Fsp3) is 0.118. The predicted octanol–water partition coefficient (Wildman–Crippen LogP) is 4.28. The van der Waals surface area contributed by atoms with E-state index in [2.05, 4.69) is 6.07 Å². The zero-order valence-electron chi connectivity index (χ0n) is 11.8. The summed E-state index contributed by atoms with van der Waals surface area (Å²) in [6, 6.07) is 14.3. The lowest BCUT2D eigenvalue weighted by atomic mass is 9.97. The van der Waals surface area contributed by atoms with Crippen molar-refractivity contribution >= 4 is 17.3 Å². The average Bonchev–Trinajstić information content (AvgIpc) is 2.47. The van der Waals surface area contributed by atoms with Gasteiger partial charge in [-0.2, -0.15) is 5.26 Å². The zero-order chi connectivity index (χ0) is 15.4. The Bertz CT molecular complexity index is 771. The molecule has 0 fully saturated rings. The summed E-state index contributed by atoms with van der Waals surface area (Å²) >= 11 is 0. The first-order valence-electron chi connectivity index (χ1n) is 6.45. The lowest BCUT2D eigenvalue weighted by Crippen LogP contribution is -1.90. The lowest BCUT2D eigenvalue weighted by Gasteiger charge is -2.06.